The lowest BCUT2D eigenvalue weighted by Gasteiger charge is -2.19. The van der Waals surface area contributed by atoms with Gasteiger partial charge in [0, 0.05) is 13.1 Å². The number of hydrogen-bond acceptors (Lipinski definition) is 3. The first-order valence-corrected chi connectivity index (χ1v) is 7.33. The van der Waals surface area contributed by atoms with Crippen LogP contribution in [-0.2, 0) is 14.8 Å². The molecule has 0 radical (unpaired) electrons. The van der Waals surface area contributed by atoms with Crippen molar-refractivity contribution in [3.63, 3.8) is 0 Å². The third-order valence-electron chi connectivity index (χ3n) is 2.20. The predicted octanol–water partition coefficient (Wildman–Crippen LogP) is 0.574. The predicted molar refractivity (Wildman–Crippen MR) is 64.6 cm³/mol. The van der Waals surface area contributed by atoms with E-state index in [9.17, 15) is 13.2 Å². The van der Waals surface area contributed by atoms with Gasteiger partial charge < -0.3 is 5.32 Å². The molecule has 0 saturated carbocycles. The number of likely N-dealkylation sites (N-methyl/N-ethyl adjacent to an activating group) is 2. The first kappa shape index (κ1) is 15.4. The number of carbonyl (C=O) groups excluding carboxylic acids is 1. The topological polar surface area (TPSA) is 66.5 Å². The molecule has 1 N–H and O–H groups in total. The Morgan fingerprint density at radius 1 is 1.25 bits per heavy atom. The van der Waals surface area contributed by atoms with Crippen LogP contribution < -0.4 is 5.32 Å². The van der Waals surface area contributed by atoms with Crippen molar-refractivity contribution in [2.75, 3.05) is 25.4 Å². The fraction of sp³-hybridized carbons (Fsp3) is 0.900. The first-order chi connectivity index (χ1) is 7.47. The van der Waals surface area contributed by atoms with Crippen LogP contribution in [0.2, 0.25) is 0 Å². The van der Waals surface area contributed by atoms with Crippen molar-refractivity contribution >= 4 is 15.9 Å². The number of hydrogen-bond donors (Lipinski definition) is 1. The second-order valence-electron chi connectivity index (χ2n) is 3.55. The molecule has 0 unspecified atom stereocenters. The monoisotopic (exact) mass is 250 g/mol. The van der Waals surface area contributed by atoms with Gasteiger partial charge in [-0.25, -0.2) is 8.42 Å². The minimum Gasteiger partial charge on any atom is -0.355 e. The van der Waals surface area contributed by atoms with Gasteiger partial charge >= 0.3 is 0 Å². The summed E-state index contributed by atoms with van der Waals surface area (Å²) in [6.45, 7) is 6.27. The van der Waals surface area contributed by atoms with Gasteiger partial charge in [-0.15, -0.1) is 0 Å². The molecule has 0 aliphatic heterocycles. The van der Waals surface area contributed by atoms with Crippen LogP contribution in [0.15, 0.2) is 0 Å². The molecule has 6 heteroatoms. The van der Waals surface area contributed by atoms with Crippen molar-refractivity contribution in [1.82, 2.24) is 9.62 Å². The van der Waals surface area contributed by atoms with Gasteiger partial charge in [-0.2, -0.15) is 4.31 Å². The Hall–Kier alpha value is -0.620. The fourth-order valence-electron chi connectivity index (χ4n) is 1.28. The maximum Gasteiger partial charge on any atom is 0.235 e. The van der Waals surface area contributed by atoms with Gasteiger partial charge in [0.2, 0.25) is 15.9 Å². The third kappa shape index (κ3) is 5.46. The summed E-state index contributed by atoms with van der Waals surface area (Å²) in [5.41, 5.74) is 0. The van der Waals surface area contributed by atoms with E-state index in [1.165, 1.54) is 4.31 Å². The van der Waals surface area contributed by atoms with Crippen LogP contribution in [-0.4, -0.2) is 44.0 Å². The number of nitrogens with zero attached hydrogens (tertiary/aromatic N) is 1. The zero-order valence-electron chi connectivity index (χ0n) is 10.3. The highest BCUT2D eigenvalue weighted by atomic mass is 32.2. The normalized spacial score (nSPS) is 11.8. The standard InChI is InChI=1S/C10H22N2O3S/c1-4-7-8-16(14,15)12(6-3)9-10(13)11-5-2/h4-9H2,1-3H3,(H,11,13). The average molecular weight is 250 g/mol. The summed E-state index contributed by atoms with van der Waals surface area (Å²) in [4.78, 5) is 11.3. The van der Waals surface area contributed by atoms with Crippen molar-refractivity contribution in [2.24, 2.45) is 0 Å². The van der Waals surface area contributed by atoms with Crippen molar-refractivity contribution in [2.45, 2.75) is 33.6 Å². The van der Waals surface area contributed by atoms with Crippen LogP contribution in [0.25, 0.3) is 0 Å². The van der Waals surface area contributed by atoms with Crippen LogP contribution in [0.4, 0.5) is 0 Å². The van der Waals surface area contributed by atoms with E-state index in [1.807, 2.05) is 6.92 Å². The van der Waals surface area contributed by atoms with Crippen molar-refractivity contribution in [3.05, 3.63) is 0 Å². The number of nitrogens with one attached hydrogen (secondary N) is 1. The van der Waals surface area contributed by atoms with Crippen LogP contribution in [0, 0.1) is 0 Å². The smallest absolute Gasteiger partial charge is 0.235 e. The number of sulfonamides is 1. The van der Waals surface area contributed by atoms with E-state index in [0.29, 0.717) is 19.5 Å². The minimum absolute atomic E-state index is 0.0730. The van der Waals surface area contributed by atoms with Gasteiger partial charge in [0.15, 0.2) is 0 Å². The van der Waals surface area contributed by atoms with E-state index in [1.54, 1.807) is 13.8 Å². The summed E-state index contributed by atoms with van der Waals surface area (Å²) in [6.07, 6.45) is 1.46. The van der Waals surface area contributed by atoms with E-state index < -0.39 is 10.0 Å². The van der Waals surface area contributed by atoms with Crippen LogP contribution >= 0.6 is 0 Å². The Labute approximate surface area is 98.3 Å². The molecule has 0 aliphatic carbocycles. The Morgan fingerprint density at radius 2 is 1.88 bits per heavy atom. The van der Waals surface area contributed by atoms with Gasteiger partial charge in [0.25, 0.3) is 0 Å². The summed E-state index contributed by atoms with van der Waals surface area (Å²) < 4.78 is 24.8. The molecule has 0 aromatic rings. The highest BCUT2D eigenvalue weighted by Gasteiger charge is 2.21. The first-order valence-electron chi connectivity index (χ1n) is 5.72. The van der Waals surface area contributed by atoms with Gasteiger partial charge in [0.1, 0.15) is 0 Å². The molecule has 96 valence electrons. The maximum atomic E-state index is 11.8. The molecule has 0 fully saturated rings. The Bertz CT molecular complexity index is 301. The molecule has 0 atom stereocenters. The zero-order valence-corrected chi connectivity index (χ0v) is 11.1. The van der Waals surface area contributed by atoms with Crippen LogP contribution in [0.3, 0.4) is 0 Å². The molecule has 0 aromatic carbocycles. The summed E-state index contributed by atoms with van der Waals surface area (Å²) in [6, 6.07) is 0. The maximum absolute atomic E-state index is 11.8. The average Bonchev–Trinajstić information content (AvgIpc) is 2.23. The fourth-order valence-corrected chi connectivity index (χ4v) is 2.89. The second-order valence-corrected chi connectivity index (χ2v) is 5.64. The lowest BCUT2D eigenvalue weighted by Crippen LogP contribution is -2.41. The zero-order chi connectivity index (χ0) is 12.6. The molecular weight excluding hydrogens is 228 g/mol. The Kier molecular flexibility index (Phi) is 7.33. The summed E-state index contributed by atoms with van der Waals surface area (Å²) in [5.74, 6) is -0.124. The molecule has 0 aliphatic rings. The summed E-state index contributed by atoms with van der Waals surface area (Å²) in [5, 5.41) is 2.59. The second kappa shape index (κ2) is 7.62. The number of rotatable bonds is 8. The Balaban J connectivity index is 4.41. The lowest BCUT2D eigenvalue weighted by atomic mass is 10.4. The molecule has 1 amide bonds. The van der Waals surface area contributed by atoms with Crippen molar-refractivity contribution < 1.29 is 13.2 Å². The van der Waals surface area contributed by atoms with E-state index >= 15 is 0 Å². The largest absolute Gasteiger partial charge is 0.355 e. The minimum atomic E-state index is -3.28. The van der Waals surface area contributed by atoms with Gasteiger partial charge in [-0.3, -0.25) is 4.79 Å². The van der Waals surface area contributed by atoms with E-state index in [4.69, 9.17) is 0 Å². The molecule has 0 spiro atoms. The van der Waals surface area contributed by atoms with Gasteiger partial charge in [0.05, 0.1) is 12.3 Å². The van der Waals surface area contributed by atoms with Gasteiger partial charge in [-0.1, -0.05) is 20.3 Å². The third-order valence-corrected chi connectivity index (χ3v) is 4.17. The van der Waals surface area contributed by atoms with E-state index in [-0.39, 0.29) is 18.2 Å². The van der Waals surface area contributed by atoms with Gasteiger partial charge in [-0.05, 0) is 13.3 Å². The van der Waals surface area contributed by atoms with Crippen molar-refractivity contribution in [1.29, 1.82) is 0 Å². The molecule has 0 rings (SSSR count). The quantitative estimate of drug-likeness (QED) is 0.685. The molecule has 0 aromatic heterocycles. The highest BCUT2D eigenvalue weighted by Crippen LogP contribution is 2.04. The van der Waals surface area contributed by atoms with E-state index in [2.05, 4.69) is 5.32 Å². The molecule has 16 heavy (non-hydrogen) atoms. The number of amides is 1. The molecule has 0 saturated heterocycles. The SMILES string of the molecule is CCCCS(=O)(=O)N(CC)CC(=O)NCC. The van der Waals surface area contributed by atoms with Crippen LogP contribution in [0.1, 0.15) is 33.6 Å². The summed E-state index contributed by atoms with van der Waals surface area (Å²) in [7, 11) is -3.28. The van der Waals surface area contributed by atoms with Crippen LogP contribution in [0.5, 0.6) is 0 Å². The number of unbranched alkanes of at least 4 members (excludes halogenated alkanes) is 1. The molecule has 0 heterocycles. The Morgan fingerprint density at radius 3 is 2.31 bits per heavy atom. The molecule has 0 bridgehead atoms. The number of carbonyl (C=O) groups is 1. The highest BCUT2D eigenvalue weighted by molar-refractivity contribution is 7.89. The molecule has 5 nitrogen and oxygen atoms in total. The lowest BCUT2D eigenvalue weighted by molar-refractivity contribution is -0.121. The molecular formula is C10H22N2O3S. The van der Waals surface area contributed by atoms with E-state index in [0.717, 1.165) is 6.42 Å². The van der Waals surface area contributed by atoms with Crippen molar-refractivity contribution in [3.8, 4) is 0 Å². The summed E-state index contributed by atoms with van der Waals surface area (Å²) >= 11 is 0.